The minimum absolute atomic E-state index is 0.0441. The maximum Gasteiger partial charge on any atom is 0.407 e. The Bertz CT molecular complexity index is 993. The zero-order chi connectivity index (χ0) is 22.9. The van der Waals surface area contributed by atoms with Gasteiger partial charge in [0.05, 0.1) is 18.3 Å². The Hall–Kier alpha value is -3.36. The summed E-state index contributed by atoms with van der Waals surface area (Å²) < 4.78 is 1.93. The first-order valence-electron chi connectivity index (χ1n) is 10.2. The lowest BCUT2D eigenvalue weighted by molar-refractivity contribution is -0.124. The number of hydrogen-bond donors (Lipinski definition) is 3. The number of imidazole rings is 1. The number of hydrogen-bond acceptors (Lipinski definition) is 4. The monoisotopic (exact) mass is 427 g/mol. The molecule has 0 saturated carbocycles. The highest BCUT2D eigenvalue weighted by atomic mass is 16.4. The van der Waals surface area contributed by atoms with Crippen LogP contribution < -0.4 is 10.6 Å². The van der Waals surface area contributed by atoms with Crippen LogP contribution in [0, 0.1) is 5.41 Å². The number of nitrogens with one attached hydrogen (secondary N) is 2. The molecule has 1 aromatic carbocycles. The van der Waals surface area contributed by atoms with Gasteiger partial charge in [-0.2, -0.15) is 0 Å². The molecule has 0 radical (unpaired) electrons. The van der Waals surface area contributed by atoms with Gasteiger partial charge in [-0.25, -0.2) is 9.78 Å². The Balaban J connectivity index is 2.09. The van der Waals surface area contributed by atoms with Crippen molar-refractivity contribution in [2.24, 2.45) is 5.41 Å². The molecule has 9 heteroatoms. The fraction of sp³-hybridized carbons (Fsp3) is 0.455. The van der Waals surface area contributed by atoms with Crippen LogP contribution in [0.2, 0.25) is 0 Å². The highest BCUT2D eigenvalue weighted by molar-refractivity contribution is 5.98. The Morgan fingerprint density at radius 1 is 1.19 bits per heavy atom. The molecule has 2 heterocycles. The summed E-state index contributed by atoms with van der Waals surface area (Å²) in [5.74, 6) is -0.211. The van der Waals surface area contributed by atoms with Crippen LogP contribution >= 0.6 is 0 Å². The summed E-state index contributed by atoms with van der Waals surface area (Å²) in [7, 11) is 1.52. The molecular formula is C22H29N5O4. The third-order valence-electron chi connectivity index (χ3n) is 5.44. The number of carboxylic acid groups (broad SMARTS) is 1. The van der Waals surface area contributed by atoms with Crippen LogP contribution in [0.25, 0.3) is 11.4 Å². The quantitative estimate of drug-likeness (QED) is 0.693. The SMILES string of the molecule is CNC(=O)C(NC(=O)c1nc(-c2ccccc2)n2c1CN(C(=O)O)C[C@@H]2C)C(C)(C)C. The molecule has 31 heavy (non-hydrogen) atoms. The summed E-state index contributed by atoms with van der Waals surface area (Å²) in [4.78, 5) is 43.2. The van der Waals surface area contributed by atoms with E-state index in [0.717, 1.165) is 5.56 Å². The van der Waals surface area contributed by atoms with Crippen LogP contribution in [0.3, 0.4) is 0 Å². The number of likely N-dealkylation sites (N-methyl/N-ethyl adjacent to an activating group) is 1. The van der Waals surface area contributed by atoms with Crippen LogP contribution in [0.1, 0.15) is 49.9 Å². The molecule has 9 nitrogen and oxygen atoms in total. The predicted molar refractivity (Wildman–Crippen MR) is 116 cm³/mol. The normalized spacial score (nSPS) is 16.9. The largest absolute Gasteiger partial charge is 0.465 e. The molecule has 2 aromatic rings. The maximum atomic E-state index is 13.3. The summed E-state index contributed by atoms with van der Waals surface area (Å²) in [6.07, 6.45) is -1.05. The molecule has 3 N–H and O–H groups in total. The number of amides is 3. The van der Waals surface area contributed by atoms with Gasteiger partial charge in [-0.1, -0.05) is 51.1 Å². The topological polar surface area (TPSA) is 117 Å². The van der Waals surface area contributed by atoms with E-state index >= 15 is 0 Å². The van der Waals surface area contributed by atoms with E-state index in [2.05, 4.69) is 15.6 Å². The number of aromatic nitrogens is 2. The third kappa shape index (κ3) is 4.40. The van der Waals surface area contributed by atoms with E-state index < -0.39 is 23.5 Å². The molecule has 3 amide bonds. The Morgan fingerprint density at radius 3 is 2.39 bits per heavy atom. The average molecular weight is 428 g/mol. The van der Waals surface area contributed by atoms with Crippen molar-refractivity contribution in [3.63, 3.8) is 0 Å². The molecule has 0 saturated heterocycles. The van der Waals surface area contributed by atoms with Gasteiger partial charge in [0.15, 0.2) is 5.69 Å². The van der Waals surface area contributed by atoms with Gasteiger partial charge in [-0.05, 0) is 12.3 Å². The number of carbonyl (C=O) groups excluding carboxylic acids is 2. The minimum Gasteiger partial charge on any atom is -0.465 e. The second-order valence-electron chi connectivity index (χ2n) is 8.87. The van der Waals surface area contributed by atoms with E-state index in [1.807, 2.05) is 62.6 Å². The van der Waals surface area contributed by atoms with Crippen molar-refractivity contribution in [2.75, 3.05) is 13.6 Å². The second-order valence-corrected chi connectivity index (χ2v) is 8.87. The molecule has 166 valence electrons. The van der Waals surface area contributed by atoms with Gasteiger partial charge < -0.3 is 25.2 Å². The fourth-order valence-electron chi connectivity index (χ4n) is 3.88. The van der Waals surface area contributed by atoms with Gasteiger partial charge in [0.1, 0.15) is 11.9 Å². The highest BCUT2D eigenvalue weighted by Gasteiger charge is 2.37. The Labute approximate surface area is 181 Å². The first-order chi connectivity index (χ1) is 14.5. The summed E-state index contributed by atoms with van der Waals surface area (Å²) in [6.45, 7) is 7.82. The fourth-order valence-corrected chi connectivity index (χ4v) is 3.88. The summed E-state index contributed by atoms with van der Waals surface area (Å²) in [5.41, 5.74) is 0.951. The molecular weight excluding hydrogens is 398 g/mol. The van der Waals surface area contributed by atoms with Crippen molar-refractivity contribution in [3.05, 3.63) is 41.7 Å². The Morgan fingerprint density at radius 2 is 1.84 bits per heavy atom. The summed E-state index contributed by atoms with van der Waals surface area (Å²) >= 11 is 0. The van der Waals surface area contributed by atoms with Gasteiger partial charge in [-0.3, -0.25) is 9.59 Å². The van der Waals surface area contributed by atoms with Crippen LogP contribution in [0.15, 0.2) is 30.3 Å². The second kappa shape index (κ2) is 8.41. The van der Waals surface area contributed by atoms with Gasteiger partial charge in [-0.15, -0.1) is 0 Å². The average Bonchev–Trinajstić information content (AvgIpc) is 3.11. The van der Waals surface area contributed by atoms with Crippen molar-refractivity contribution >= 4 is 17.9 Å². The molecule has 2 atom stereocenters. The van der Waals surface area contributed by atoms with Gasteiger partial charge in [0.2, 0.25) is 5.91 Å². The van der Waals surface area contributed by atoms with Gasteiger partial charge >= 0.3 is 6.09 Å². The van der Waals surface area contributed by atoms with Crippen LogP contribution in [-0.4, -0.2) is 57.1 Å². The molecule has 1 aliphatic rings. The van der Waals surface area contributed by atoms with E-state index in [-0.39, 0.29) is 24.2 Å². The smallest absolute Gasteiger partial charge is 0.407 e. The minimum atomic E-state index is -1.05. The zero-order valence-electron chi connectivity index (χ0n) is 18.5. The van der Waals surface area contributed by atoms with Crippen molar-refractivity contribution in [1.29, 1.82) is 0 Å². The van der Waals surface area contributed by atoms with Gasteiger partial charge in [0, 0.05) is 19.2 Å². The molecule has 0 bridgehead atoms. The van der Waals surface area contributed by atoms with E-state index in [1.165, 1.54) is 11.9 Å². The molecule has 0 aliphatic carbocycles. The molecule has 1 aromatic heterocycles. The van der Waals surface area contributed by atoms with E-state index in [4.69, 9.17) is 0 Å². The number of benzene rings is 1. The van der Waals surface area contributed by atoms with Crippen LogP contribution in [0.5, 0.6) is 0 Å². The predicted octanol–water partition coefficient (Wildman–Crippen LogP) is 2.50. The highest BCUT2D eigenvalue weighted by Crippen LogP contribution is 2.32. The number of carbonyl (C=O) groups is 3. The molecule has 1 aliphatic heterocycles. The zero-order valence-corrected chi connectivity index (χ0v) is 18.5. The van der Waals surface area contributed by atoms with E-state index in [9.17, 15) is 19.5 Å². The van der Waals surface area contributed by atoms with E-state index in [0.29, 0.717) is 18.1 Å². The molecule has 0 spiro atoms. The Kier molecular flexibility index (Phi) is 6.06. The summed E-state index contributed by atoms with van der Waals surface area (Å²) in [6, 6.07) is 8.47. The number of rotatable bonds is 4. The van der Waals surface area contributed by atoms with E-state index in [1.54, 1.807) is 0 Å². The van der Waals surface area contributed by atoms with Crippen LogP contribution in [0.4, 0.5) is 4.79 Å². The first-order valence-corrected chi connectivity index (χ1v) is 10.2. The lowest BCUT2D eigenvalue weighted by Crippen LogP contribution is -2.53. The first kappa shape index (κ1) is 22.3. The molecule has 0 fully saturated rings. The summed E-state index contributed by atoms with van der Waals surface area (Å²) in [5, 5.41) is 14.9. The number of nitrogens with zero attached hydrogens (tertiary/aromatic N) is 3. The van der Waals surface area contributed by atoms with Crippen molar-refractivity contribution < 1.29 is 19.5 Å². The number of fused-ring (bicyclic) bond motifs is 1. The van der Waals surface area contributed by atoms with Crippen LogP contribution in [-0.2, 0) is 11.3 Å². The third-order valence-corrected chi connectivity index (χ3v) is 5.44. The molecule has 3 rings (SSSR count). The van der Waals surface area contributed by atoms with Crippen molar-refractivity contribution in [1.82, 2.24) is 25.1 Å². The van der Waals surface area contributed by atoms with Gasteiger partial charge in [0.25, 0.3) is 5.91 Å². The van der Waals surface area contributed by atoms with Crippen molar-refractivity contribution in [3.8, 4) is 11.4 Å². The molecule has 1 unspecified atom stereocenters. The maximum absolute atomic E-state index is 13.3. The van der Waals surface area contributed by atoms with Crippen molar-refractivity contribution in [2.45, 2.75) is 46.3 Å². The lowest BCUT2D eigenvalue weighted by Gasteiger charge is -2.32. The standard InChI is InChI=1S/C22H29N5O4/c1-13-11-26(21(30)31)12-15-16(19(28)25-17(20(29)23-5)22(2,3)4)24-18(27(13)15)14-9-7-6-8-10-14/h6-10,13,17H,11-12H2,1-5H3,(H,23,29)(H,25,28)(H,30,31)/t13-,17?/m0/s1. The lowest BCUT2D eigenvalue weighted by atomic mass is 9.86.